The lowest BCUT2D eigenvalue weighted by molar-refractivity contribution is 0.161. The van der Waals surface area contributed by atoms with Crippen LogP contribution in [0.15, 0.2) is 16.7 Å². The molecule has 5 nitrogen and oxygen atoms in total. The van der Waals surface area contributed by atoms with E-state index in [4.69, 9.17) is 21.6 Å². The molecule has 7 heteroatoms. The maximum absolute atomic E-state index is 10.0. The summed E-state index contributed by atoms with van der Waals surface area (Å²) in [5, 5.41) is 10.4. The smallest absolute Gasteiger partial charge is 0.153 e. The molecule has 1 spiro atoms. The van der Waals surface area contributed by atoms with Crippen LogP contribution in [-0.4, -0.2) is 33.1 Å². The highest BCUT2D eigenvalue weighted by Gasteiger charge is 2.42. The Morgan fingerprint density at radius 2 is 2.04 bits per heavy atom. The van der Waals surface area contributed by atoms with Gasteiger partial charge in [0.1, 0.15) is 10.8 Å². The lowest BCUT2D eigenvalue weighted by Crippen LogP contribution is -2.42. The minimum Gasteiger partial charge on any atom is -0.390 e. The fourth-order valence-corrected chi connectivity index (χ4v) is 5.56. The summed E-state index contributed by atoms with van der Waals surface area (Å²) in [5.74, 6) is 1.64. The Bertz CT molecular complexity index is 883. The third-order valence-corrected chi connectivity index (χ3v) is 8.11. The lowest BCUT2D eigenvalue weighted by Gasteiger charge is -2.43. The lowest BCUT2D eigenvalue weighted by atomic mass is 9.71. The van der Waals surface area contributed by atoms with E-state index in [-0.39, 0.29) is 6.61 Å². The monoisotopic (exact) mass is 464 g/mol. The molecule has 1 aliphatic heterocycles. The van der Waals surface area contributed by atoms with Gasteiger partial charge in [-0.05, 0) is 59.5 Å². The Labute approximate surface area is 179 Å². The van der Waals surface area contributed by atoms with Crippen molar-refractivity contribution in [1.29, 1.82) is 0 Å². The van der Waals surface area contributed by atoms with Crippen LogP contribution in [0.3, 0.4) is 0 Å². The Hall–Kier alpha value is -1.24. The number of hydrogen-bond donors (Lipinski definition) is 1. The van der Waals surface area contributed by atoms with E-state index in [2.05, 4.69) is 32.7 Å². The zero-order valence-corrected chi connectivity index (χ0v) is 18.7. The SMILES string of the molecule is Cc1nc(N2CCC3(CCC[C@H]3C)CC2)c(CO)nc1-c1ccnc(Cl)c1Br. The molecule has 0 aromatic carbocycles. The number of halogens is 2. The molecule has 3 heterocycles. The van der Waals surface area contributed by atoms with Crippen LogP contribution in [0.5, 0.6) is 0 Å². The number of hydrogen-bond acceptors (Lipinski definition) is 5. The largest absolute Gasteiger partial charge is 0.390 e. The molecule has 1 saturated carbocycles. The second-order valence-corrected chi connectivity index (χ2v) is 9.34. The highest BCUT2D eigenvalue weighted by atomic mass is 79.9. The molecular formula is C21H26BrClN4O. The minimum atomic E-state index is -0.135. The number of aliphatic hydroxyl groups is 1. The molecule has 0 bridgehead atoms. The second-order valence-electron chi connectivity index (χ2n) is 8.19. The van der Waals surface area contributed by atoms with Crippen molar-refractivity contribution in [2.24, 2.45) is 11.3 Å². The normalized spacial score (nSPS) is 21.5. The van der Waals surface area contributed by atoms with E-state index in [1.54, 1.807) is 6.20 Å². The van der Waals surface area contributed by atoms with Gasteiger partial charge in [0.25, 0.3) is 0 Å². The highest BCUT2D eigenvalue weighted by molar-refractivity contribution is 9.10. The molecule has 28 heavy (non-hydrogen) atoms. The van der Waals surface area contributed by atoms with Crippen molar-refractivity contribution >= 4 is 33.3 Å². The Morgan fingerprint density at radius 3 is 2.68 bits per heavy atom. The standard InChI is InChI=1S/C21H26BrClN4O/c1-13-4-3-6-21(13)7-10-27(11-8-21)20-16(12-28)26-18(14(2)25-20)15-5-9-24-19(23)17(15)22/h5,9,13,28H,3-4,6-8,10-12H2,1-2H3/t13-/m1/s1. The summed E-state index contributed by atoms with van der Waals surface area (Å²) in [6.07, 6.45) is 8.14. The van der Waals surface area contributed by atoms with Gasteiger partial charge in [0.15, 0.2) is 5.82 Å². The van der Waals surface area contributed by atoms with Gasteiger partial charge >= 0.3 is 0 Å². The van der Waals surface area contributed by atoms with Crippen molar-refractivity contribution in [3.63, 3.8) is 0 Å². The Morgan fingerprint density at radius 1 is 1.29 bits per heavy atom. The molecule has 2 fully saturated rings. The van der Waals surface area contributed by atoms with Crippen LogP contribution in [0.25, 0.3) is 11.3 Å². The third kappa shape index (κ3) is 3.44. The maximum Gasteiger partial charge on any atom is 0.153 e. The Kier molecular flexibility index (Phi) is 5.64. The highest BCUT2D eigenvalue weighted by Crippen LogP contribution is 2.50. The first kappa shape index (κ1) is 20.0. The van der Waals surface area contributed by atoms with Crippen molar-refractivity contribution in [1.82, 2.24) is 15.0 Å². The topological polar surface area (TPSA) is 62.1 Å². The molecule has 1 N–H and O–H groups in total. The molecule has 0 amide bonds. The molecule has 2 aromatic heterocycles. The van der Waals surface area contributed by atoms with Gasteiger partial charge in [-0.1, -0.05) is 31.4 Å². The van der Waals surface area contributed by atoms with E-state index in [0.717, 1.165) is 41.8 Å². The van der Waals surface area contributed by atoms with E-state index in [1.165, 1.54) is 32.1 Å². The summed E-state index contributed by atoms with van der Waals surface area (Å²) in [4.78, 5) is 16.0. The van der Waals surface area contributed by atoms with Gasteiger partial charge in [-0.15, -0.1) is 0 Å². The number of aromatic nitrogens is 3. The summed E-state index contributed by atoms with van der Waals surface area (Å²) in [7, 11) is 0. The van der Waals surface area contributed by atoms with E-state index in [1.807, 2.05) is 13.0 Å². The van der Waals surface area contributed by atoms with Gasteiger partial charge < -0.3 is 10.0 Å². The average molecular weight is 466 g/mol. The fourth-order valence-electron chi connectivity index (χ4n) is 4.98. The molecule has 4 rings (SSSR count). The molecular weight excluding hydrogens is 440 g/mol. The number of piperidine rings is 1. The zero-order valence-electron chi connectivity index (χ0n) is 16.4. The minimum absolute atomic E-state index is 0.135. The first-order chi connectivity index (χ1) is 13.4. The summed E-state index contributed by atoms with van der Waals surface area (Å²) in [6, 6.07) is 1.86. The Balaban J connectivity index is 1.64. The predicted molar refractivity (Wildman–Crippen MR) is 116 cm³/mol. The second kappa shape index (κ2) is 7.88. The maximum atomic E-state index is 10.0. The quantitative estimate of drug-likeness (QED) is 0.634. The number of anilines is 1. The van der Waals surface area contributed by atoms with Gasteiger partial charge in [0.05, 0.1) is 22.5 Å². The van der Waals surface area contributed by atoms with Crippen molar-refractivity contribution < 1.29 is 5.11 Å². The molecule has 1 saturated heterocycles. The van der Waals surface area contributed by atoms with Gasteiger partial charge in [-0.25, -0.2) is 15.0 Å². The number of aliphatic hydroxyl groups excluding tert-OH is 1. The van der Waals surface area contributed by atoms with E-state index in [0.29, 0.717) is 20.7 Å². The molecule has 0 radical (unpaired) electrons. The van der Waals surface area contributed by atoms with Crippen LogP contribution >= 0.6 is 27.5 Å². The zero-order chi connectivity index (χ0) is 19.9. The van der Waals surface area contributed by atoms with Crippen molar-refractivity contribution in [2.75, 3.05) is 18.0 Å². The predicted octanol–water partition coefficient (Wildman–Crippen LogP) is 5.16. The van der Waals surface area contributed by atoms with Crippen LogP contribution < -0.4 is 4.90 Å². The molecule has 150 valence electrons. The van der Waals surface area contributed by atoms with Crippen LogP contribution in [0.4, 0.5) is 5.82 Å². The third-order valence-electron chi connectivity index (χ3n) is 6.79. The van der Waals surface area contributed by atoms with Crippen LogP contribution in [0, 0.1) is 18.3 Å². The van der Waals surface area contributed by atoms with Crippen molar-refractivity contribution in [3.8, 4) is 11.3 Å². The summed E-state index contributed by atoms with van der Waals surface area (Å²) >= 11 is 9.65. The fraction of sp³-hybridized carbons (Fsp3) is 0.571. The van der Waals surface area contributed by atoms with Crippen LogP contribution in [0.2, 0.25) is 5.15 Å². The summed E-state index contributed by atoms with van der Waals surface area (Å²) < 4.78 is 0.695. The van der Waals surface area contributed by atoms with Crippen LogP contribution in [0.1, 0.15) is 50.4 Å². The van der Waals surface area contributed by atoms with Gasteiger partial charge in [-0.2, -0.15) is 0 Å². The van der Waals surface area contributed by atoms with E-state index in [9.17, 15) is 5.11 Å². The average Bonchev–Trinajstić information content (AvgIpc) is 3.04. The number of nitrogens with zero attached hydrogens (tertiary/aromatic N) is 4. The van der Waals surface area contributed by atoms with E-state index < -0.39 is 0 Å². The van der Waals surface area contributed by atoms with Gasteiger partial charge in [0.2, 0.25) is 0 Å². The molecule has 2 aromatic rings. The molecule has 1 atom stereocenters. The number of pyridine rings is 1. The molecule has 2 aliphatic rings. The van der Waals surface area contributed by atoms with E-state index >= 15 is 0 Å². The van der Waals surface area contributed by atoms with Crippen LogP contribution in [-0.2, 0) is 6.61 Å². The summed E-state index contributed by atoms with van der Waals surface area (Å²) in [5.41, 5.74) is 3.52. The van der Waals surface area contributed by atoms with Crippen molar-refractivity contribution in [3.05, 3.63) is 33.3 Å². The molecule has 1 aliphatic carbocycles. The van der Waals surface area contributed by atoms with Gasteiger partial charge in [-0.3, -0.25) is 0 Å². The number of aryl methyl sites for hydroxylation is 1. The van der Waals surface area contributed by atoms with Crippen molar-refractivity contribution in [2.45, 2.75) is 52.6 Å². The first-order valence-corrected chi connectivity index (χ1v) is 11.2. The first-order valence-electron chi connectivity index (χ1n) is 9.99. The summed E-state index contributed by atoms with van der Waals surface area (Å²) in [6.45, 7) is 6.20. The van der Waals surface area contributed by atoms with Gasteiger partial charge in [0, 0.05) is 24.8 Å². The molecule has 0 unspecified atom stereocenters. The number of rotatable bonds is 3.